The van der Waals surface area contributed by atoms with Crippen LogP contribution < -0.4 is 5.32 Å². The fourth-order valence-electron chi connectivity index (χ4n) is 2.66. The van der Waals surface area contributed by atoms with E-state index in [4.69, 9.17) is 4.74 Å². The maximum Gasteiger partial charge on any atom is 0.410 e. The molecule has 0 unspecified atom stereocenters. The van der Waals surface area contributed by atoms with Crippen molar-refractivity contribution in [2.24, 2.45) is 0 Å². The predicted octanol–water partition coefficient (Wildman–Crippen LogP) is 3.13. The summed E-state index contributed by atoms with van der Waals surface area (Å²) in [6, 6.07) is 6.28. The molecule has 0 radical (unpaired) electrons. The van der Waals surface area contributed by atoms with Crippen molar-refractivity contribution in [1.29, 1.82) is 0 Å². The maximum absolute atomic E-state index is 12.2. The molecule has 122 valence electrons. The molecule has 0 spiro atoms. The molecule has 5 nitrogen and oxygen atoms in total. The number of carbonyl (C=O) groups excluding carboxylic acids is 1. The minimum absolute atomic E-state index is 0.169. The van der Waals surface area contributed by atoms with Crippen molar-refractivity contribution >= 4 is 6.09 Å². The molecule has 0 aromatic carbocycles. The molecule has 0 bridgehead atoms. The summed E-state index contributed by atoms with van der Waals surface area (Å²) in [7, 11) is 0. The van der Waals surface area contributed by atoms with Gasteiger partial charge in [-0.2, -0.15) is 0 Å². The number of ether oxygens (including phenoxy) is 1. The number of hydrogen-bond acceptors (Lipinski definition) is 4. The van der Waals surface area contributed by atoms with Gasteiger partial charge in [0.2, 0.25) is 0 Å². The Morgan fingerprint density at radius 2 is 2.27 bits per heavy atom. The third kappa shape index (κ3) is 4.70. The summed E-state index contributed by atoms with van der Waals surface area (Å²) in [6.45, 7) is 9.33. The largest absolute Gasteiger partial charge is 0.444 e. The number of aromatic nitrogens is 1. The van der Waals surface area contributed by atoms with Crippen molar-refractivity contribution < 1.29 is 9.53 Å². The molecule has 1 fully saturated rings. The number of likely N-dealkylation sites (tertiary alicyclic amines) is 1. The number of hydrogen-bond donors (Lipinski definition) is 1. The molecule has 5 heteroatoms. The van der Waals surface area contributed by atoms with Gasteiger partial charge in [0.1, 0.15) is 5.60 Å². The highest BCUT2D eigenvalue weighted by Gasteiger charge is 2.32. The molecule has 1 aliphatic rings. The van der Waals surface area contributed by atoms with Gasteiger partial charge in [0.05, 0.1) is 5.69 Å². The van der Waals surface area contributed by atoms with Crippen molar-refractivity contribution in [3.63, 3.8) is 0 Å². The molecule has 0 saturated carbocycles. The lowest BCUT2D eigenvalue weighted by Gasteiger charge is -2.29. The van der Waals surface area contributed by atoms with Crippen molar-refractivity contribution in [2.45, 2.75) is 58.2 Å². The Balaban J connectivity index is 1.87. The van der Waals surface area contributed by atoms with Crippen LogP contribution in [0, 0.1) is 0 Å². The lowest BCUT2D eigenvalue weighted by atomic mass is 10.1. The molecule has 22 heavy (non-hydrogen) atoms. The maximum atomic E-state index is 12.2. The van der Waals surface area contributed by atoms with Crippen LogP contribution in [-0.2, 0) is 4.74 Å². The normalized spacial score (nSPS) is 20.0. The summed E-state index contributed by atoms with van der Waals surface area (Å²) in [4.78, 5) is 18.5. The van der Waals surface area contributed by atoms with Gasteiger partial charge in [0, 0.05) is 31.4 Å². The van der Waals surface area contributed by atoms with Gasteiger partial charge in [0.15, 0.2) is 0 Å². The van der Waals surface area contributed by atoms with E-state index in [9.17, 15) is 4.79 Å². The molecule has 0 aliphatic carbocycles. The summed E-state index contributed by atoms with van der Waals surface area (Å²) < 4.78 is 5.49. The fourth-order valence-corrected chi connectivity index (χ4v) is 2.66. The summed E-state index contributed by atoms with van der Waals surface area (Å²) in [5.74, 6) is 0. The number of carbonyl (C=O) groups is 1. The second kappa shape index (κ2) is 7.09. The average molecular weight is 305 g/mol. The van der Waals surface area contributed by atoms with E-state index in [-0.39, 0.29) is 18.2 Å². The van der Waals surface area contributed by atoms with Crippen LogP contribution in [0.1, 0.15) is 52.3 Å². The van der Waals surface area contributed by atoms with Crippen molar-refractivity contribution in [3.05, 3.63) is 30.1 Å². The van der Waals surface area contributed by atoms with Crippen molar-refractivity contribution in [2.75, 3.05) is 13.1 Å². The van der Waals surface area contributed by atoms with Crippen LogP contribution in [-0.4, -0.2) is 40.7 Å². The third-order valence-electron chi connectivity index (χ3n) is 3.80. The van der Waals surface area contributed by atoms with Gasteiger partial charge in [-0.05, 0) is 52.7 Å². The Bertz CT molecular complexity index is 484. The number of rotatable bonds is 4. The minimum Gasteiger partial charge on any atom is -0.444 e. The molecule has 1 aliphatic heterocycles. The van der Waals surface area contributed by atoms with Gasteiger partial charge in [-0.3, -0.25) is 4.98 Å². The minimum atomic E-state index is -0.446. The standard InChI is InChI=1S/C17H27N3O2/c1-13(15-9-5-6-10-18-15)19-12-14-8-7-11-20(14)16(21)22-17(2,3)4/h5-6,9-10,13-14,19H,7-8,11-12H2,1-4H3/t13-,14-/m0/s1. The second-order valence-electron chi connectivity index (χ2n) is 6.85. The van der Waals surface area contributed by atoms with Crippen LogP contribution in [0.15, 0.2) is 24.4 Å². The lowest BCUT2D eigenvalue weighted by molar-refractivity contribution is 0.0225. The summed E-state index contributed by atoms with van der Waals surface area (Å²) in [5, 5.41) is 3.48. The van der Waals surface area contributed by atoms with Gasteiger partial charge in [0.25, 0.3) is 0 Å². The van der Waals surface area contributed by atoms with Gasteiger partial charge < -0.3 is 15.0 Å². The van der Waals surface area contributed by atoms with E-state index in [2.05, 4.69) is 17.2 Å². The molecular formula is C17H27N3O2. The quantitative estimate of drug-likeness (QED) is 0.928. The number of amides is 1. The van der Waals surface area contributed by atoms with Crippen LogP contribution in [0.3, 0.4) is 0 Å². The highest BCUT2D eigenvalue weighted by Crippen LogP contribution is 2.21. The van der Waals surface area contributed by atoms with E-state index in [0.717, 1.165) is 31.6 Å². The Labute approximate surface area is 133 Å². The third-order valence-corrected chi connectivity index (χ3v) is 3.80. The average Bonchev–Trinajstić information content (AvgIpc) is 2.92. The van der Waals surface area contributed by atoms with Gasteiger partial charge >= 0.3 is 6.09 Å². The summed E-state index contributed by atoms with van der Waals surface area (Å²) in [6.07, 6.45) is 3.64. The molecule has 2 heterocycles. The van der Waals surface area contributed by atoms with E-state index in [1.54, 1.807) is 6.20 Å². The first-order valence-corrected chi connectivity index (χ1v) is 8.01. The van der Waals surface area contributed by atoms with Crippen LogP contribution in [0.2, 0.25) is 0 Å². The van der Waals surface area contributed by atoms with E-state index >= 15 is 0 Å². The van der Waals surface area contributed by atoms with E-state index < -0.39 is 5.60 Å². The van der Waals surface area contributed by atoms with Crippen LogP contribution in [0.25, 0.3) is 0 Å². The van der Waals surface area contributed by atoms with Crippen molar-refractivity contribution in [1.82, 2.24) is 15.2 Å². The van der Waals surface area contributed by atoms with E-state index in [0.29, 0.717) is 0 Å². The zero-order valence-electron chi connectivity index (χ0n) is 14.0. The van der Waals surface area contributed by atoms with Crippen LogP contribution in [0.5, 0.6) is 0 Å². The highest BCUT2D eigenvalue weighted by atomic mass is 16.6. The molecule has 1 N–H and O–H groups in total. The molecule has 1 aromatic heterocycles. The first-order chi connectivity index (χ1) is 10.4. The van der Waals surface area contributed by atoms with Gasteiger partial charge in [-0.1, -0.05) is 6.07 Å². The number of nitrogens with zero attached hydrogens (tertiary/aromatic N) is 2. The lowest BCUT2D eigenvalue weighted by Crippen LogP contribution is -2.44. The van der Waals surface area contributed by atoms with Gasteiger partial charge in [-0.15, -0.1) is 0 Å². The molecule has 2 atom stereocenters. The highest BCUT2D eigenvalue weighted by molar-refractivity contribution is 5.69. The zero-order chi connectivity index (χ0) is 16.2. The first-order valence-electron chi connectivity index (χ1n) is 8.01. The van der Waals surface area contributed by atoms with E-state index in [1.807, 2.05) is 43.9 Å². The molecule has 1 amide bonds. The predicted molar refractivity (Wildman–Crippen MR) is 86.6 cm³/mol. The Hall–Kier alpha value is -1.62. The number of pyridine rings is 1. The summed E-state index contributed by atoms with van der Waals surface area (Å²) >= 11 is 0. The molecule has 2 rings (SSSR count). The number of nitrogens with one attached hydrogen (secondary N) is 1. The first kappa shape index (κ1) is 16.7. The molecule has 1 saturated heterocycles. The van der Waals surface area contributed by atoms with E-state index in [1.165, 1.54) is 0 Å². The topological polar surface area (TPSA) is 54.5 Å². The second-order valence-corrected chi connectivity index (χ2v) is 6.85. The SMILES string of the molecule is C[C@H](NC[C@@H]1CCCN1C(=O)OC(C)(C)C)c1ccccn1. The van der Waals surface area contributed by atoms with Gasteiger partial charge in [-0.25, -0.2) is 4.79 Å². The van der Waals surface area contributed by atoms with Crippen LogP contribution >= 0.6 is 0 Å². The van der Waals surface area contributed by atoms with Crippen LogP contribution in [0.4, 0.5) is 4.79 Å². The van der Waals surface area contributed by atoms with Crippen molar-refractivity contribution in [3.8, 4) is 0 Å². The molecular weight excluding hydrogens is 278 g/mol. The molecule has 1 aromatic rings. The Kier molecular flexibility index (Phi) is 5.40. The Morgan fingerprint density at radius 1 is 1.50 bits per heavy atom. The Morgan fingerprint density at radius 3 is 2.91 bits per heavy atom. The fraction of sp³-hybridized carbons (Fsp3) is 0.647. The summed E-state index contributed by atoms with van der Waals surface area (Å²) in [5.41, 5.74) is 0.572. The monoisotopic (exact) mass is 305 g/mol. The smallest absolute Gasteiger partial charge is 0.410 e. The zero-order valence-corrected chi connectivity index (χ0v) is 14.0.